The van der Waals surface area contributed by atoms with Crippen LogP contribution in [0, 0.1) is 13.8 Å². The van der Waals surface area contributed by atoms with Crippen molar-refractivity contribution in [1.82, 2.24) is 0 Å². The highest BCUT2D eigenvalue weighted by molar-refractivity contribution is 9.10. The lowest BCUT2D eigenvalue weighted by atomic mass is 9.94. The Bertz CT molecular complexity index is 881. The Labute approximate surface area is 170 Å². The molecule has 27 heavy (non-hydrogen) atoms. The largest absolute Gasteiger partial charge is 0.467 e. The fourth-order valence-electron chi connectivity index (χ4n) is 3.38. The second-order valence-corrected chi connectivity index (χ2v) is 7.77. The molecule has 0 saturated heterocycles. The summed E-state index contributed by atoms with van der Waals surface area (Å²) < 4.78 is 12.0. The summed E-state index contributed by atoms with van der Waals surface area (Å²) >= 11 is 3.59. The van der Waals surface area contributed by atoms with Gasteiger partial charge in [0.2, 0.25) is 0 Å². The summed E-state index contributed by atoms with van der Waals surface area (Å²) in [4.78, 5) is 0. The summed E-state index contributed by atoms with van der Waals surface area (Å²) in [5.41, 5.74) is 7.75. The topological polar surface area (TPSA) is 18.5 Å². The number of ether oxygens (including phenoxy) is 2. The molecule has 0 amide bonds. The number of hydrogen-bond acceptors (Lipinski definition) is 2. The molecule has 0 unspecified atom stereocenters. The molecule has 0 spiro atoms. The maximum absolute atomic E-state index is 5.80. The van der Waals surface area contributed by atoms with Crippen molar-refractivity contribution in [2.75, 3.05) is 13.9 Å². The molecular weight excluding hydrogens is 400 g/mol. The highest BCUT2D eigenvalue weighted by Crippen LogP contribution is 2.27. The second kappa shape index (κ2) is 9.20. The summed E-state index contributed by atoms with van der Waals surface area (Å²) in [6.45, 7) is 4.61. The normalized spacial score (nSPS) is 10.8. The SMILES string of the molecule is COCOc1ccc(Cc2c(C)cc(Br)cc2C)cc1Cc1ccccc1. The van der Waals surface area contributed by atoms with Gasteiger partial charge in [0, 0.05) is 18.0 Å². The molecule has 2 nitrogen and oxygen atoms in total. The van der Waals surface area contributed by atoms with Crippen molar-refractivity contribution in [2.45, 2.75) is 26.7 Å². The van der Waals surface area contributed by atoms with Crippen LogP contribution in [0.5, 0.6) is 5.75 Å². The first-order chi connectivity index (χ1) is 13.1. The third-order valence-electron chi connectivity index (χ3n) is 4.74. The van der Waals surface area contributed by atoms with Crippen molar-refractivity contribution >= 4 is 15.9 Å². The van der Waals surface area contributed by atoms with Gasteiger partial charge in [0.05, 0.1) is 0 Å². The molecule has 3 heteroatoms. The van der Waals surface area contributed by atoms with Gasteiger partial charge in [-0.25, -0.2) is 0 Å². The summed E-state index contributed by atoms with van der Waals surface area (Å²) in [5.74, 6) is 0.883. The van der Waals surface area contributed by atoms with E-state index in [1.54, 1.807) is 7.11 Å². The van der Waals surface area contributed by atoms with E-state index in [2.05, 4.69) is 84.4 Å². The first-order valence-electron chi connectivity index (χ1n) is 9.10. The van der Waals surface area contributed by atoms with E-state index in [0.29, 0.717) is 0 Å². The third-order valence-corrected chi connectivity index (χ3v) is 5.19. The van der Waals surface area contributed by atoms with Gasteiger partial charge in [-0.05, 0) is 71.8 Å². The Hall–Kier alpha value is -2.10. The van der Waals surface area contributed by atoms with Gasteiger partial charge in [-0.15, -0.1) is 0 Å². The maximum Gasteiger partial charge on any atom is 0.188 e. The summed E-state index contributed by atoms with van der Waals surface area (Å²) in [7, 11) is 1.64. The average molecular weight is 425 g/mol. The molecule has 0 radical (unpaired) electrons. The molecule has 0 aliphatic rings. The smallest absolute Gasteiger partial charge is 0.188 e. The van der Waals surface area contributed by atoms with Crippen LogP contribution in [0.1, 0.15) is 33.4 Å². The van der Waals surface area contributed by atoms with E-state index in [4.69, 9.17) is 9.47 Å². The summed E-state index contributed by atoms with van der Waals surface area (Å²) in [5, 5.41) is 0. The van der Waals surface area contributed by atoms with Crippen LogP contribution in [-0.4, -0.2) is 13.9 Å². The van der Waals surface area contributed by atoms with E-state index in [1.165, 1.54) is 33.4 Å². The molecule has 0 aromatic heterocycles. The van der Waals surface area contributed by atoms with Crippen LogP contribution < -0.4 is 4.74 Å². The van der Waals surface area contributed by atoms with E-state index in [-0.39, 0.29) is 6.79 Å². The number of halogens is 1. The molecule has 0 aliphatic carbocycles. The second-order valence-electron chi connectivity index (χ2n) is 6.85. The molecule has 0 N–H and O–H groups in total. The molecule has 0 atom stereocenters. The van der Waals surface area contributed by atoms with Gasteiger partial charge >= 0.3 is 0 Å². The lowest BCUT2D eigenvalue weighted by Gasteiger charge is -2.15. The summed E-state index contributed by atoms with van der Waals surface area (Å²) in [6, 6.07) is 21.3. The fourth-order valence-corrected chi connectivity index (χ4v) is 4.07. The Morgan fingerprint density at radius 3 is 2.19 bits per heavy atom. The Balaban J connectivity index is 1.91. The molecular formula is C24H25BrO2. The minimum absolute atomic E-state index is 0.256. The van der Waals surface area contributed by atoms with E-state index in [0.717, 1.165) is 23.1 Å². The van der Waals surface area contributed by atoms with Crippen LogP contribution in [0.2, 0.25) is 0 Å². The van der Waals surface area contributed by atoms with Crippen LogP contribution in [0.4, 0.5) is 0 Å². The van der Waals surface area contributed by atoms with Crippen molar-refractivity contribution in [1.29, 1.82) is 0 Å². The molecule has 3 aromatic carbocycles. The van der Waals surface area contributed by atoms with Gasteiger partial charge < -0.3 is 9.47 Å². The molecule has 0 bridgehead atoms. The standard InChI is InChI=1S/C24H25BrO2/c1-17-11-22(25)12-18(2)23(17)15-20-9-10-24(27-16-26-3)21(14-20)13-19-7-5-4-6-8-19/h4-12,14H,13,15-16H2,1-3H3. The van der Waals surface area contributed by atoms with Gasteiger partial charge in [0.25, 0.3) is 0 Å². The number of aryl methyl sites for hydroxylation is 2. The van der Waals surface area contributed by atoms with Crippen molar-refractivity contribution in [2.24, 2.45) is 0 Å². The van der Waals surface area contributed by atoms with Crippen molar-refractivity contribution in [3.8, 4) is 5.75 Å². The molecule has 0 heterocycles. The maximum atomic E-state index is 5.80. The van der Waals surface area contributed by atoms with Crippen LogP contribution in [0.3, 0.4) is 0 Å². The lowest BCUT2D eigenvalue weighted by Crippen LogP contribution is -2.04. The van der Waals surface area contributed by atoms with Gasteiger partial charge in [0.15, 0.2) is 6.79 Å². The molecule has 0 saturated carbocycles. The first kappa shape index (κ1) is 19.7. The van der Waals surface area contributed by atoms with Crippen LogP contribution in [-0.2, 0) is 17.6 Å². The Kier molecular flexibility index (Phi) is 6.70. The fraction of sp³-hybridized carbons (Fsp3) is 0.250. The zero-order valence-electron chi connectivity index (χ0n) is 16.1. The zero-order valence-corrected chi connectivity index (χ0v) is 17.7. The molecule has 0 aliphatic heterocycles. The predicted molar refractivity (Wildman–Crippen MR) is 115 cm³/mol. The van der Waals surface area contributed by atoms with Crippen molar-refractivity contribution in [3.05, 3.63) is 98.5 Å². The van der Waals surface area contributed by atoms with E-state index >= 15 is 0 Å². The number of methoxy groups -OCH3 is 1. The van der Waals surface area contributed by atoms with E-state index < -0.39 is 0 Å². The molecule has 140 valence electrons. The predicted octanol–water partition coefficient (Wildman–Crippen LogP) is 6.23. The highest BCUT2D eigenvalue weighted by Gasteiger charge is 2.10. The van der Waals surface area contributed by atoms with E-state index in [9.17, 15) is 0 Å². The van der Waals surface area contributed by atoms with Crippen LogP contribution >= 0.6 is 15.9 Å². The minimum atomic E-state index is 0.256. The highest BCUT2D eigenvalue weighted by atomic mass is 79.9. The van der Waals surface area contributed by atoms with Gasteiger partial charge in [-0.3, -0.25) is 0 Å². The first-order valence-corrected chi connectivity index (χ1v) is 9.89. The van der Waals surface area contributed by atoms with Crippen LogP contribution in [0.15, 0.2) is 65.1 Å². The number of benzene rings is 3. The van der Waals surface area contributed by atoms with E-state index in [1.807, 2.05) is 6.07 Å². The zero-order chi connectivity index (χ0) is 19.2. The average Bonchev–Trinajstić information content (AvgIpc) is 2.65. The third kappa shape index (κ3) is 5.21. The molecule has 3 aromatic rings. The molecule has 0 fully saturated rings. The van der Waals surface area contributed by atoms with Crippen molar-refractivity contribution in [3.63, 3.8) is 0 Å². The van der Waals surface area contributed by atoms with Gasteiger partial charge in [-0.1, -0.05) is 58.4 Å². The van der Waals surface area contributed by atoms with Gasteiger partial charge in [-0.2, -0.15) is 0 Å². The van der Waals surface area contributed by atoms with Gasteiger partial charge in [0.1, 0.15) is 5.75 Å². The number of rotatable bonds is 7. The Morgan fingerprint density at radius 1 is 0.815 bits per heavy atom. The van der Waals surface area contributed by atoms with Crippen molar-refractivity contribution < 1.29 is 9.47 Å². The number of hydrogen-bond donors (Lipinski definition) is 0. The summed E-state index contributed by atoms with van der Waals surface area (Å²) in [6.07, 6.45) is 1.75. The minimum Gasteiger partial charge on any atom is -0.467 e. The Morgan fingerprint density at radius 2 is 1.52 bits per heavy atom. The monoisotopic (exact) mass is 424 g/mol. The lowest BCUT2D eigenvalue weighted by molar-refractivity contribution is 0.0505. The van der Waals surface area contributed by atoms with Crippen LogP contribution in [0.25, 0.3) is 0 Å². The molecule has 3 rings (SSSR count). The quantitative estimate of drug-likeness (QED) is 0.418.